The molecule has 168 valence electrons. The average molecular weight is 459 g/mol. The number of halogens is 1. The first-order valence-electron chi connectivity index (χ1n) is 10.2. The van der Waals surface area contributed by atoms with Gasteiger partial charge in [-0.1, -0.05) is 6.07 Å². The van der Waals surface area contributed by atoms with Crippen LogP contribution in [0, 0.1) is 0 Å². The van der Waals surface area contributed by atoms with E-state index in [1.807, 2.05) is 24.4 Å². The fourth-order valence-electron chi connectivity index (χ4n) is 4.00. The number of ether oxygens (including phenoxy) is 2. The SMILES string of the molecule is Cl.O=C1Nc2ccc(CN3C(=O)COC3=O)cc2/C1=C/c1cc(CN2CCOCC2)c[nH]1. The molecular weight excluding hydrogens is 436 g/mol. The Balaban J connectivity index is 0.00000245. The molecule has 3 aliphatic heterocycles. The van der Waals surface area contributed by atoms with Crippen LogP contribution in [0.3, 0.4) is 0 Å². The predicted molar refractivity (Wildman–Crippen MR) is 119 cm³/mol. The van der Waals surface area contributed by atoms with E-state index in [4.69, 9.17) is 9.47 Å². The zero-order chi connectivity index (χ0) is 21.4. The summed E-state index contributed by atoms with van der Waals surface area (Å²) in [4.78, 5) is 42.7. The summed E-state index contributed by atoms with van der Waals surface area (Å²) < 4.78 is 10.2. The Kier molecular flexibility index (Phi) is 6.31. The predicted octanol–water partition coefficient (Wildman–Crippen LogP) is 2.24. The van der Waals surface area contributed by atoms with Crippen LogP contribution >= 0.6 is 12.4 Å². The van der Waals surface area contributed by atoms with E-state index in [1.165, 1.54) is 0 Å². The third-order valence-electron chi connectivity index (χ3n) is 5.62. The summed E-state index contributed by atoms with van der Waals surface area (Å²) >= 11 is 0. The normalized spacial score (nSPS) is 19.7. The largest absolute Gasteiger partial charge is 0.439 e. The lowest BCUT2D eigenvalue weighted by Gasteiger charge is -2.25. The number of rotatable bonds is 5. The maximum absolute atomic E-state index is 12.6. The third-order valence-corrected chi connectivity index (χ3v) is 5.62. The monoisotopic (exact) mass is 458 g/mol. The summed E-state index contributed by atoms with van der Waals surface area (Å²) in [5, 5.41) is 2.86. The molecule has 2 fully saturated rings. The lowest BCUT2D eigenvalue weighted by atomic mass is 10.0. The van der Waals surface area contributed by atoms with Crippen molar-refractivity contribution in [3.05, 3.63) is 52.8 Å². The second-order valence-electron chi connectivity index (χ2n) is 7.78. The van der Waals surface area contributed by atoms with Gasteiger partial charge in [0.25, 0.3) is 11.8 Å². The van der Waals surface area contributed by atoms with Crippen LogP contribution in [0.25, 0.3) is 11.6 Å². The molecule has 0 aliphatic carbocycles. The van der Waals surface area contributed by atoms with E-state index in [1.54, 1.807) is 12.1 Å². The number of cyclic esters (lactones) is 1. The van der Waals surface area contributed by atoms with Crippen molar-refractivity contribution in [3.63, 3.8) is 0 Å². The van der Waals surface area contributed by atoms with Crippen LogP contribution in [0.5, 0.6) is 0 Å². The quantitative estimate of drug-likeness (QED) is 0.666. The lowest BCUT2D eigenvalue weighted by molar-refractivity contribution is -0.126. The van der Waals surface area contributed by atoms with Crippen LogP contribution < -0.4 is 5.32 Å². The maximum atomic E-state index is 12.6. The van der Waals surface area contributed by atoms with E-state index >= 15 is 0 Å². The number of H-pyrrole nitrogens is 1. The number of nitrogens with zero attached hydrogens (tertiary/aromatic N) is 2. The van der Waals surface area contributed by atoms with Crippen molar-refractivity contribution < 1.29 is 23.9 Å². The number of carbonyl (C=O) groups is 3. The Morgan fingerprint density at radius 1 is 1.03 bits per heavy atom. The Hall–Kier alpha value is -3.14. The number of hydrogen-bond donors (Lipinski definition) is 2. The highest BCUT2D eigenvalue weighted by Crippen LogP contribution is 2.34. The van der Waals surface area contributed by atoms with Gasteiger partial charge in [-0.2, -0.15) is 0 Å². The van der Waals surface area contributed by atoms with Crippen molar-refractivity contribution in [1.82, 2.24) is 14.8 Å². The van der Waals surface area contributed by atoms with Crippen LogP contribution in [0.2, 0.25) is 0 Å². The van der Waals surface area contributed by atoms with Crippen molar-refractivity contribution in [2.24, 2.45) is 0 Å². The zero-order valence-corrected chi connectivity index (χ0v) is 18.1. The first kappa shape index (κ1) is 22.1. The van der Waals surface area contributed by atoms with Gasteiger partial charge in [-0.05, 0) is 35.4 Å². The second-order valence-corrected chi connectivity index (χ2v) is 7.78. The smallest absolute Gasteiger partial charge is 0.417 e. The number of benzene rings is 1. The molecule has 0 saturated carbocycles. The molecule has 9 nitrogen and oxygen atoms in total. The highest BCUT2D eigenvalue weighted by molar-refractivity contribution is 6.34. The molecule has 0 radical (unpaired) electrons. The molecule has 2 saturated heterocycles. The maximum Gasteiger partial charge on any atom is 0.417 e. The van der Waals surface area contributed by atoms with E-state index in [0.717, 1.165) is 60.1 Å². The second kappa shape index (κ2) is 9.15. The minimum atomic E-state index is -0.644. The number of nitrogens with one attached hydrogen (secondary N) is 2. The summed E-state index contributed by atoms with van der Waals surface area (Å²) in [5.41, 5.74) is 4.71. The first-order chi connectivity index (χ1) is 15.1. The molecular formula is C22H23ClN4O5. The zero-order valence-electron chi connectivity index (χ0n) is 17.3. The Morgan fingerprint density at radius 2 is 1.84 bits per heavy atom. The molecule has 2 N–H and O–H groups in total. The molecule has 3 amide bonds. The van der Waals surface area contributed by atoms with Crippen LogP contribution in [0.15, 0.2) is 30.5 Å². The molecule has 1 aromatic heterocycles. The van der Waals surface area contributed by atoms with E-state index in [0.29, 0.717) is 11.3 Å². The molecule has 1 aromatic carbocycles. The van der Waals surface area contributed by atoms with Crippen LogP contribution in [-0.2, 0) is 32.2 Å². The molecule has 0 unspecified atom stereocenters. The molecule has 3 aliphatic rings. The topological polar surface area (TPSA) is 104 Å². The molecule has 0 spiro atoms. The van der Waals surface area contributed by atoms with Crippen molar-refractivity contribution >= 4 is 47.7 Å². The molecule has 32 heavy (non-hydrogen) atoms. The summed E-state index contributed by atoms with van der Waals surface area (Å²) in [7, 11) is 0. The van der Waals surface area contributed by atoms with Crippen LogP contribution in [0.4, 0.5) is 10.5 Å². The molecule has 0 atom stereocenters. The van der Waals surface area contributed by atoms with Gasteiger partial charge in [0.2, 0.25) is 0 Å². The minimum absolute atomic E-state index is 0. The number of fused-ring (bicyclic) bond motifs is 1. The van der Waals surface area contributed by atoms with Crippen molar-refractivity contribution in [1.29, 1.82) is 0 Å². The number of amides is 3. The van der Waals surface area contributed by atoms with Crippen LogP contribution in [-0.4, -0.2) is 65.6 Å². The van der Waals surface area contributed by atoms with Crippen molar-refractivity contribution in [2.45, 2.75) is 13.1 Å². The van der Waals surface area contributed by atoms with Gasteiger partial charge in [-0.3, -0.25) is 14.5 Å². The molecule has 10 heteroatoms. The summed E-state index contributed by atoms with van der Waals surface area (Å²) in [6.07, 6.45) is 3.13. The van der Waals surface area contributed by atoms with E-state index in [-0.39, 0.29) is 37.4 Å². The number of imide groups is 1. The van der Waals surface area contributed by atoms with Gasteiger partial charge in [0.1, 0.15) is 0 Å². The van der Waals surface area contributed by atoms with Gasteiger partial charge in [0.15, 0.2) is 6.61 Å². The molecule has 5 rings (SSSR count). The fourth-order valence-corrected chi connectivity index (χ4v) is 4.00. The van der Waals surface area contributed by atoms with Crippen molar-refractivity contribution in [3.8, 4) is 0 Å². The standard InChI is InChI=1S/C22H22N4O5.ClH/c27-20-13-31-22(29)26(20)12-14-1-2-19-17(8-14)18(21(28)24-19)9-16-7-15(10-23-16)11-25-3-5-30-6-4-25;/h1-2,7-10,23H,3-6,11-13H2,(H,24,28);1H/b18-9-;. The van der Waals surface area contributed by atoms with E-state index in [9.17, 15) is 14.4 Å². The number of carbonyl (C=O) groups excluding carboxylic acids is 3. The van der Waals surface area contributed by atoms with Crippen LogP contribution in [0.1, 0.15) is 22.4 Å². The van der Waals surface area contributed by atoms with E-state index in [2.05, 4.69) is 15.2 Å². The number of aromatic nitrogens is 1. The molecule has 4 heterocycles. The van der Waals surface area contributed by atoms with Crippen molar-refractivity contribution in [2.75, 3.05) is 38.2 Å². The summed E-state index contributed by atoms with van der Waals surface area (Å²) in [6, 6.07) is 7.44. The van der Waals surface area contributed by atoms with Gasteiger partial charge >= 0.3 is 6.09 Å². The van der Waals surface area contributed by atoms with Gasteiger partial charge in [-0.15, -0.1) is 12.4 Å². The Labute approximate surface area is 190 Å². The third kappa shape index (κ3) is 4.40. The molecule has 0 bridgehead atoms. The lowest BCUT2D eigenvalue weighted by Crippen LogP contribution is -2.35. The summed E-state index contributed by atoms with van der Waals surface area (Å²) in [6.45, 7) is 4.03. The van der Waals surface area contributed by atoms with E-state index < -0.39 is 6.09 Å². The van der Waals surface area contributed by atoms with Gasteiger partial charge < -0.3 is 19.8 Å². The van der Waals surface area contributed by atoms with Gasteiger partial charge in [-0.25, -0.2) is 9.69 Å². The summed E-state index contributed by atoms with van der Waals surface area (Å²) in [5.74, 6) is -0.553. The minimum Gasteiger partial charge on any atom is -0.439 e. The van der Waals surface area contributed by atoms with Gasteiger partial charge in [0.05, 0.1) is 25.3 Å². The number of morpholine rings is 1. The Morgan fingerprint density at radius 3 is 2.59 bits per heavy atom. The number of anilines is 1. The molecule has 2 aromatic rings. The highest BCUT2D eigenvalue weighted by atomic mass is 35.5. The number of aromatic amines is 1. The van der Waals surface area contributed by atoms with Gasteiger partial charge in [0, 0.05) is 42.8 Å². The fraction of sp³-hybridized carbons (Fsp3) is 0.318. The average Bonchev–Trinajstić information content (AvgIpc) is 3.43. The first-order valence-corrected chi connectivity index (χ1v) is 10.2. The number of hydrogen-bond acceptors (Lipinski definition) is 6. The highest BCUT2D eigenvalue weighted by Gasteiger charge is 2.32. The Bertz CT molecular complexity index is 1070.